The van der Waals surface area contributed by atoms with Crippen molar-refractivity contribution in [1.29, 1.82) is 0 Å². The highest BCUT2D eigenvalue weighted by molar-refractivity contribution is 7.87. The molecule has 0 bridgehead atoms. The highest BCUT2D eigenvalue weighted by atomic mass is 32.2. The average Bonchev–Trinajstić information content (AvgIpc) is 2.70. The normalized spacial score (nSPS) is 12.8. The van der Waals surface area contributed by atoms with E-state index < -0.39 is 15.9 Å². The van der Waals surface area contributed by atoms with E-state index in [-0.39, 0.29) is 40.3 Å². The van der Waals surface area contributed by atoms with Crippen molar-refractivity contribution in [3.63, 3.8) is 0 Å². The molecule has 6 nitrogen and oxygen atoms in total. The van der Waals surface area contributed by atoms with Gasteiger partial charge in [0.15, 0.2) is 11.6 Å². The lowest BCUT2D eigenvalue weighted by Crippen LogP contribution is -2.39. The molecule has 176 valence electrons. The van der Waals surface area contributed by atoms with E-state index in [4.69, 9.17) is 8.92 Å². The van der Waals surface area contributed by atoms with Crippen LogP contribution in [0.25, 0.3) is 0 Å². The zero-order chi connectivity index (χ0) is 24.1. The summed E-state index contributed by atoms with van der Waals surface area (Å²) < 4.78 is 49.8. The van der Waals surface area contributed by atoms with Gasteiger partial charge in [0.25, 0.3) is 0 Å². The standard InChI is InChI=1S/C24H32FNO5S/c1-7-17(2)26(23(27)15-24(3,4)5)16-18-10-8-9-11-21(18)31-32(28,29)19-12-13-22(30-6)20(25)14-19/h8-14,17H,7,15-16H2,1-6H3/t17-/m1/s1. The fourth-order valence-electron chi connectivity index (χ4n) is 3.13. The van der Waals surface area contributed by atoms with Crippen LogP contribution in [0.15, 0.2) is 47.4 Å². The van der Waals surface area contributed by atoms with Crippen LogP contribution in [0.3, 0.4) is 0 Å². The van der Waals surface area contributed by atoms with Crippen LogP contribution in [0.5, 0.6) is 11.5 Å². The monoisotopic (exact) mass is 465 g/mol. The molecule has 1 amide bonds. The number of rotatable bonds is 9. The summed E-state index contributed by atoms with van der Waals surface area (Å²) in [6.45, 7) is 10.1. The van der Waals surface area contributed by atoms with Gasteiger partial charge in [-0.25, -0.2) is 4.39 Å². The molecule has 0 aliphatic heterocycles. The largest absolute Gasteiger partial charge is 0.494 e. The van der Waals surface area contributed by atoms with Gasteiger partial charge in [-0.2, -0.15) is 8.42 Å². The maximum atomic E-state index is 14.0. The fourth-order valence-corrected chi connectivity index (χ4v) is 4.11. The van der Waals surface area contributed by atoms with E-state index in [2.05, 4.69) is 0 Å². The molecule has 0 spiro atoms. The highest BCUT2D eigenvalue weighted by Crippen LogP contribution is 2.28. The van der Waals surface area contributed by atoms with Crippen molar-refractivity contribution < 1.29 is 26.5 Å². The Balaban J connectivity index is 2.35. The predicted molar refractivity (Wildman–Crippen MR) is 122 cm³/mol. The van der Waals surface area contributed by atoms with Crippen LogP contribution < -0.4 is 8.92 Å². The molecule has 0 saturated heterocycles. The Morgan fingerprint density at radius 3 is 2.34 bits per heavy atom. The van der Waals surface area contributed by atoms with Gasteiger partial charge in [-0.15, -0.1) is 0 Å². The van der Waals surface area contributed by atoms with E-state index in [1.54, 1.807) is 23.1 Å². The molecule has 0 heterocycles. The molecule has 8 heteroatoms. The second-order valence-corrected chi connectivity index (χ2v) is 10.5. The van der Waals surface area contributed by atoms with Gasteiger partial charge in [0.05, 0.1) is 7.11 Å². The number of nitrogens with zero attached hydrogens (tertiary/aromatic N) is 1. The van der Waals surface area contributed by atoms with Crippen LogP contribution in [-0.4, -0.2) is 32.4 Å². The van der Waals surface area contributed by atoms with Gasteiger partial charge in [0.1, 0.15) is 10.6 Å². The molecule has 0 aliphatic carbocycles. The third-order valence-electron chi connectivity index (χ3n) is 5.05. The molecule has 0 N–H and O–H groups in total. The molecule has 2 aromatic carbocycles. The maximum absolute atomic E-state index is 14.0. The minimum Gasteiger partial charge on any atom is -0.494 e. The summed E-state index contributed by atoms with van der Waals surface area (Å²) in [5.74, 6) is -0.783. The van der Waals surface area contributed by atoms with Gasteiger partial charge in [-0.1, -0.05) is 45.9 Å². The summed E-state index contributed by atoms with van der Waals surface area (Å²) >= 11 is 0. The number of benzene rings is 2. The Labute approximate surface area is 190 Å². The van der Waals surface area contributed by atoms with Crippen LogP contribution in [0.2, 0.25) is 0 Å². The van der Waals surface area contributed by atoms with E-state index in [0.29, 0.717) is 12.0 Å². The Morgan fingerprint density at radius 1 is 1.12 bits per heavy atom. The molecule has 0 saturated carbocycles. The molecule has 2 rings (SSSR count). The van der Waals surface area contributed by atoms with Gasteiger partial charge in [0, 0.05) is 24.6 Å². The van der Waals surface area contributed by atoms with E-state index >= 15 is 0 Å². The van der Waals surface area contributed by atoms with E-state index in [1.165, 1.54) is 25.3 Å². The molecule has 0 fully saturated rings. The van der Waals surface area contributed by atoms with Crippen molar-refractivity contribution in [1.82, 2.24) is 4.90 Å². The maximum Gasteiger partial charge on any atom is 0.339 e. The smallest absolute Gasteiger partial charge is 0.339 e. The van der Waals surface area contributed by atoms with Crippen molar-refractivity contribution >= 4 is 16.0 Å². The lowest BCUT2D eigenvalue weighted by molar-refractivity contribution is -0.135. The van der Waals surface area contributed by atoms with Gasteiger partial charge in [0.2, 0.25) is 5.91 Å². The lowest BCUT2D eigenvalue weighted by atomic mass is 9.91. The van der Waals surface area contributed by atoms with Gasteiger partial charge in [-0.05, 0) is 43.0 Å². The summed E-state index contributed by atoms with van der Waals surface area (Å²) in [5, 5.41) is 0. The predicted octanol–water partition coefficient (Wildman–Crippen LogP) is 5.17. The third-order valence-corrected chi connectivity index (χ3v) is 6.28. The Hall–Kier alpha value is -2.61. The molecule has 32 heavy (non-hydrogen) atoms. The summed E-state index contributed by atoms with van der Waals surface area (Å²) in [4.78, 5) is 14.4. The zero-order valence-corrected chi connectivity index (χ0v) is 20.3. The van der Waals surface area contributed by atoms with Crippen LogP contribution in [0, 0.1) is 11.2 Å². The summed E-state index contributed by atoms with van der Waals surface area (Å²) in [6.07, 6.45) is 1.12. The number of ether oxygens (including phenoxy) is 1. The number of hydrogen-bond donors (Lipinski definition) is 0. The third kappa shape index (κ3) is 6.69. The number of amides is 1. The number of methoxy groups -OCH3 is 1. The van der Waals surface area contributed by atoms with Crippen molar-refractivity contribution in [3.8, 4) is 11.5 Å². The SMILES string of the molecule is CC[C@@H](C)N(Cc1ccccc1OS(=O)(=O)c1ccc(OC)c(F)c1)C(=O)CC(C)(C)C. The number of hydrogen-bond acceptors (Lipinski definition) is 5. The lowest BCUT2D eigenvalue weighted by Gasteiger charge is -2.32. The first-order valence-corrected chi connectivity index (χ1v) is 11.9. The topological polar surface area (TPSA) is 72.9 Å². The summed E-state index contributed by atoms with van der Waals surface area (Å²) in [7, 11) is -3.00. The molecular formula is C24H32FNO5S. The van der Waals surface area contributed by atoms with E-state index in [9.17, 15) is 17.6 Å². The highest BCUT2D eigenvalue weighted by Gasteiger charge is 2.26. The Bertz CT molecular complexity index is 1050. The molecule has 0 radical (unpaired) electrons. The van der Waals surface area contributed by atoms with E-state index in [0.717, 1.165) is 12.5 Å². The Kier molecular flexibility index (Phi) is 8.29. The summed E-state index contributed by atoms with van der Waals surface area (Å²) in [6, 6.07) is 9.92. The summed E-state index contributed by atoms with van der Waals surface area (Å²) in [5.41, 5.74) is 0.369. The molecule has 1 atom stereocenters. The van der Waals surface area contributed by atoms with Crippen LogP contribution in [0.1, 0.15) is 53.0 Å². The first-order chi connectivity index (χ1) is 14.9. The molecular weight excluding hydrogens is 433 g/mol. The molecule has 0 unspecified atom stereocenters. The zero-order valence-electron chi connectivity index (χ0n) is 19.5. The van der Waals surface area contributed by atoms with Crippen molar-refractivity contribution in [2.45, 2.75) is 64.9 Å². The van der Waals surface area contributed by atoms with Crippen molar-refractivity contribution in [3.05, 3.63) is 53.8 Å². The minimum absolute atomic E-state index is 0.0123. The molecule has 0 aliphatic rings. The minimum atomic E-state index is -4.29. The second kappa shape index (κ2) is 10.3. The van der Waals surface area contributed by atoms with Gasteiger partial charge < -0.3 is 13.8 Å². The first-order valence-electron chi connectivity index (χ1n) is 10.5. The van der Waals surface area contributed by atoms with Crippen LogP contribution in [0.4, 0.5) is 4.39 Å². The number of para-hydroxylation sites is 1. The van der Waals surface area contributed by atoms with Crippen molar-refractivity contribution in [2.24, 2.45) is 5.41 Å². The first kappa shape index (κ1) is 25.6. The van der Waals surface area contributed by atoms with E-state index in [1.807, 2.05) is 34.6 Å². The quantitative estimate of drug-likeness (QED) is 0.478. The number of carbonyl (C=O) groups is 1. The van der Waals surface area contributed by atoms with Crippen LogP contribution >= 0.6 is 0 Å². The van der Waals surface area contributed by atoms with Crippen LogP contribution in [-0.2, 0) is 21.5 Å². The fraction of sp³-hybridized carbons (Fsp3) is 0.458. The van der Waals surface area contributed by atoms with Gasteiger partial charge >= 0.3 is 10.1 Å². The molecule has 0 aromatic heterocycles. The second-order valence-electron chi connectivity index (χ2n) is 8.96. The van der Waals surface area contributed by atoms with Gasteiger partial charge in [-0.3, -0.25) is 4.79 Å². The average molecular weight is 466 g/mol. The molecule has 2 aromatic rings. The van der Waals surface area contributed by atoms with Crippen molar-refractivity contribution in [2.75, 3.05) is 7.11 Å². The Morgan fingerprint density at radius 2 is 1.78 bits per heavy atom. The number of halogens is 1. The number of carbonyl (C=O) groups excluding carboxylic acids is 1.